The number of para-hydroxylation sites is 1. The summed E-state index contributed by atoms with van der Waals surface area (Å²) in [5.74, 6) is 3.31. The van der Waals surface area contributed by atoms with Gasteiger partial charge in [-0.2, -0.15) is 0 Å². The number of aliphatic imine (C=N–C) groups is 1. The fraction of sp³-hybridized carbons (Fsp3) is 0.458. The van der Waals surface area contributed by atoms with E-state index in [9.17, 15) is 0 Å². The van der Waals surface area contributed by atoms with Crippen LogP contribution in [0.15, 0.2) is 53.5 Å². The van der Waals surface area contributed by atoms with Gasteiger partial charge < -0.3 is 29.7 Å². The number of benzene rings is 2. The Morgan fingerprint density at radius 3 is 2.26 bits per heavy atom. The summed E-state index contributed by atoms with van der Waals surface area (Å²) in [4.78, 5) is 6.75. The maximum Gasteiger partial charge on any atom is 0.191 e. The summed E-state index contributed by atoms with van der Waals surface area (Å²) >= 11 is 0. The summed E-state index contributed by atoms with van der Waals surface area (Å²) in [7, 11) is 5.16. The molecule has 1 saturated heterocycles. The van der Waals surface area contributed by atoms with E-state index < -0.39 is 0 Å². The molecule has 0 radical (unpaired) electrons. The Bertz CT molecular complexity index is 814. The summed E-state index contributed by atoms with van der Waals surface area (Å²) in [5, 5.41) is 6.93. The Morgan fingerprint density at radius 2 is 1.68 bits per heavy atom. The Morgan fingerprint density at radius 1 is 1.03 bits per heavy atom. The van der Waals surface area contributed by atoms with Crippen LogP contribution in [0, 0.1) is 0 Å². The molecule has 3 rings (SSSR count). The monoisotopic (exact) mass is 426 g/mol. The number of piperidine rings is 1. The lowest BCUT2D eigenvalue weighted by molar-refractivity contribution is 0.223. The largest absolute Gasteiger partial charge is 0.497 e. The number of anilines is 1. The van der Waals surface area contributed by atoms with Crippen molar-refractivity contribution in [2.45, 2.75) is 31.9 Å². The fourth-order valence-electron chi connectivity index (χ4n) is 3.66. The smallest absolute Gasteiger partial charge is 0.191 e. The molecule has 2 N–H and O–H groups in total. The molecule has 1 unspecified atom stereocenters. The number of methoxy groups -OCH3 is 2. The zero-order valence-corrected chi connectivity index (χ0v) is 18.9. The van der Waals surface area contributed by atoms with Crippen molar-refractivity contribution >= 4 is 11.6 Å². The van der Waals surface area contributed by atoms with Crippen molar-refractivity contribution in [2.75, 3.05) is 45.8 Å². The lowest BCUT2D eigenvalue weighted by atomic mass is 10.0. The number of nitrogens with one attached hydrogen (secondary N) is 2. The van der Waals surface area contributed by atoms with E-state index >= 15 is 0 Å². The molecule has 0 saturated carbocycles. The summed E-state index contributed by atoms with van der Waals surface area (Å²) in [6.45, 7) is 4.64. The van der Waals surface area contributed by atoms with Crippen molar-refractivity contribution in [2.24, 2.45) is 4.99 Å². The lowest BCUT2D eigenvalue weighted by Gasteiger charge is -2.35. The molecule has 1 aliphatic rings. The van der Waals surface area contributed by atoms with E-state index in [1.165, 1.54) is 0 Å². The predicted octanol–water partition coefficient (Wildman–Crippen LogP) is 3.31. The van der Waals surface area contributed by atoms with E-state index in [2.05, 4.69) is 32.7 Å². The van der Waals surface area contributed by atoms with Crippen LogP contribution in [0.1, 0.15) is 19.8 Å². The number of rotatable bonds is 8. The molecule has 1 fully saturated rings. The molecule has 31 heavy (non-hydrogen) atoms. The second-order valence-corrected chi connectivity index (χ2v) is 7.67. The third-order valence-electron chi connectivity index (χ3n) is 5.40. The Kier molecular flexibility index (Phi) is 8.27. The van der Waals surface area contributed by atoms with Crippen LogP contribution in [0.2, 0.25) is 0 Å². The second kappa shape index (κ2) is 11.3. The van der Waals surface area contributed by atoms with Gasteiger partial charge in [0, 0.05) is 50.1 Å². The summed E-state index contributed by atoms with van der Waals surface area (Å²) in [6, 6.07) is 16.3. The van der Waals surface area contributed by atoms with Crippen LogP contribution >= 0.6 is 0 Å². The molecule has 1 heterocycles. The highest BCUT2D eigenvalue weighted by Crippen LogP contribution is 2.30. The van der Waals surface area contributed by atoms with E-state index in [0.717, 1.165) is 54.8 Å². The first-order valence-corrected chi connectivity index (χ1v) is 10.8. The summed E-state index contributed by atoms with van der Waals surface area (Å²) < 4.78 is 16.7. The van der Waals surface area contributed by atoms with Gasteiger partial charge in [0.15, 0.2) is 5.96 Å². The maximum atomic E-state index is 5.93. The first-order chi connectivity index (χ1) is 15.1. The Balaban J connectivity index is 1.46. The van der Waals surface area contributed by atoms with E-state index in [0.29, 0.717) is 12.6 Å². The van der Waals surface area contributed by atoms with Crippen LogP contribution in [0.25, 0.3) is 0 Å². The molecule has 7 heteroatoms. The summed E-state index contributed by atoms with van der Waals surface area (Å²) in [6.07, 6.45) is 2.08. The van der Waals surface area contributed by atoms with Crippen molar-refractivity contribution in [1.82, 2.24) is 10.6 Å². The van der Waals surface area contributed by atoms with Crippen LogP contribution in [0.5, 0.6) is 17.2 Å². The number of guanidine groups is 1. The van der Waals surface area contributed by atoms with Crippen molar-refractivity contribution in [3.8, 4) is 17.2 Å². The van der Waals surface area contributed by atoms with Gasteiger partial charge in [0.05, 0.1) is 20.8 Å². The molecule has 2 aromatic carbocycles. The molecule has 2 aromatic rings. The second-order valence-electron chi connectivity index (χ2n) is 7.67. The Hall–Kier alpha value is -3.09. The third-order valence-corrected chi connectivity index (χ3v) is 5.40. The standard InChI is InChI=1S/C24H34N4O3/c1-18(31-21-8-6-5-7-9-21)17-26-24(25-2)27-19-10-12-28(13-11-19)20-14-22(29-3)16-23(15-20)30-4/h5-9,14-16,18-19H,10-13,17H2,1-4H3,(H2,25,26,27). The number of hydrogen-bond donors (Lipinski definition) is 2. The first-order valence-electron chi connectivity index (χ1n) is 10.8. The van der Waals surface area contributed by atoms with E-state index in [1.807, 2.05) is 43.3 Å². The zero-order valence-electron chi connectivity index (χ0n) is 18.9. The molecule has 0 spiro atoms. The topological polar surface area (TPSA) is 67.4 Å². The van der Waals surface area contributed by atoms with E-state index in [4.69, 9.17) is 14.2 Å². The van der Waals surface area contributed by atoms with Crippen molar-refractivity contribution < 1.29 is 14.2 Å². The lowest BCUT2D eigenvalue weighted by Crippen LogP contribution is -2.50. The molecular formula is C24H34N4O3. The molecule has 0 bridgehead atoms. The predicted molar refractivity (Wildman–Crippen MR) is 126 cm³/mol. The molecule has 1 atom stereocenters. The highest BCUT2D eigenvalue weighted by molar-refractivity contribution is 5.80. The van der Waals surface area contributed by atoms with Crippen LogP contribution in [0.4, 0.5) is 5.69 Å². The molecule has 0 aromatic heterocycles. The third kappa shape index (κ3) is 6.70. The van der Waals surface area contributed by atoms with E-state index in [-0.39, 0.29) is 6.10 Å². The highest BCUT2D eigenvalue weighted by atomic mass is 16.5. The molecule has 0 amide bonds. The molecule has 1 aliphatic heterocycles. The number of ether oxygens (including phenoxy) is 3. The Labute approximate surface area is 185 Å². The SMILES string of the molecule is CN=C(NCC(C)Oc1ccccc1)NC1CCN(c2cc(OC)cc(OC)c2)CC1. The normalized spacial score (nSPS) is 15.9. The quantitative estimate of drug-likeness (QED) is 0.499. The van der Waals surface area contributed by atoms with Crippen LogP contribution in [-0.4, -0.2) is 59.0 Å². The minimum atomic E-state index is 0.0332. The number of nitrogens with zero attached hydrogens (tertiary/aromatic N) is 2. The van der Waals surface area contributed by atoms with E-state index in [1.54, 1.807) is 21.3 Å². The van der Waals surface area contributed by atoms with Crippen LogP contribution < -0.4 is 29.7 Å². The van der Waals surface area contributed by atoms with Crippen molar-refractivity contribution in [1.29, 1.82) is 0 Å². The molecule has 0 aliphatic carbocycles. The fourth-order valence-corrected chi connectivity index (χ4v) is 3.66. The maximum absolute atomic E-state index is 5.93. The summed E-state index contributed by atoms with van der Waals surface area (Å²) in [5.41, 5.74) is 1.13. The average Bonchev–Trinajstić information content (AvgIpc) is 2.82. The first kappa shape index (κ1) is 22.6. The van der Waals surface area contributed by atoms with Crippen molar-refractivity contribution in [3.63, 3.8) is 0 Å². The average molecular weight is 427 g/mol. The highest BCUT2D eigenvalue weighted by Gasteiger charge is 2.21. The van der Waals surface area contributed by atoms with Gasteiger partial charge in [-0.05, 0) is 31.9 Å². The molecule has 7 nitrogen and oxygen atoms in total. The zero-order chi connectivity index (χ0) is 22.1. The van der Waals surface area contributed by atoms with Crippen molar-refractivity contribution in [3.05, 3.63) is 48.5 Å². The van der Waals surface area contributed by atoms with Gasteiger partial charge in [0.1, 0.15) is 23.4 Å². The van der Waals surface area contributed by atoms with Gasteiger partial charge in [0.25, 0.3) is 0 Å². The van der Waals surface area contributed by atoms with Crippen LogP contribution in [0.3, 0.4) is 0 Å². The van der Waals surface area contributed by atoms with Gasteiger partial charge in [-0.3, -0.25) is 4.99 Å². The van der Waals surface area contributed by atoms with Gasteiger partial charge in [-0.25, -0.2) is 0 Å². The van der Waals surface area contributed by atoms with Crippen LogP contribution in [-0.2, 0) is 0 Å². The van der Waals surface area contributed by atoms with Gasteiger partial charge in [-0.15, -0.1) is 0 Å². The van der Waals surface area contributed by atoms with Gasteiger partial charge in [-0.1, -0.05) is 18.2 Å². The van der Waals surface area contributed by atoms with Gasteiger partial charge >= 0.3 is 0 Å². The minimum Gasteiger partial charge on any atom is -0.497 e. The van der Waals surface area contributed by atoms with Gasteiger partial charge in [0.2, 0.25) is 0 Å². The molecular weight excluding hydrogens is 392 g/mol. The number of hydrogen-bond acceptors (Lipinski definition) is 5. The minimum absolute atomic E-state index is 0.0332. The molecule has 168 valence electrons.